The van der Waals surface area contributed by atoms with Gasteiger partial charge in [-0.15, -0.1) is 0 Å². The Kier molecular flexibility index (Phi) is 7.80. The summed E-state index contributed by atoms with van der Waals surface area (Å²) in [6.45, 7) is 6.56. The number of ether oxygens (including phenoxy) is 2. The first-order valence-electron chi connectivity index (χ1n) is 10.5. The zero-order chi connectivity index (χ0) is 22.4. The molecule has 0 N–H and O–H groups in total. The van der Waals surface area contributed by atoms with Gasteiger partial charge in [-0.3, -0.25) is 9.59 Å². The van der Waals surface area contributed by atoms with Gasteiger partial charge < -0.3 is 19.3 Å². The van der Waals surface area contributed by atoms with Gasteiger partial charge in [0, 0.05) is 37.6 Å². The number of piperazine rings is 1. The minimum absolute atomic E-state index is 0.0949. The molecule has 0 bridgehead atoms. The van der Waals surface area contributed by atoms with Crippen molar-refractivity contribution < 1.29 is 19.1 Å². The summed E-state index contributed by atoms with van der Waals surface area (Å²) in [6, 6.07) is 11.1. The molecular weight excluding hydrogens is 416 g/mol. The predicted octanol–water partition coefficient (Wildman–Crippen LogP) is 4.11. The lowest BCUT2D eigenvalue weighted by Gasteiger charge is -2.35. The standard InChI is InChI=1S/C24H29ClN2O4/c1-17-6-4-7-18(2)23(17)31-15-5-8-22(28)26-11-13-27(14-12-26)24(29)20-16-19(25)9-10-21(20)30-3/h4,6-7,9-10,16H,5,8,11-15H2,1-3H3. The van der Waals surface area contributed by atoms with Crippen LogP contribution < -0.4 is 9.47 Å². The Morgan fingerprint density at radius 3 is 2.29 bits per heavy atom. The molecule has 7 heteroatoms. The second-order valence-corrected chi connectivity index (χ2v) is 8.13. The lowest BCUT2D eigenvalue weighted by Crippen LogP contribution is -2.50. The van der Waals surface area contributed by atoms with Gasteiger partial charge in [0.1, 0.15) is 11.5 Å². The first-order chi connectivity index (χ1) is 14.9. The molecule has 0 spiro atoms. The molecular formula is C24H29ClN2O4. The number of para-hydroxylation sites is 1. The topological polar surface area (TPSA) is 59.1 Å². The van der Waals surface area contributed by atoms with Gasteiger partial charge in [-0.2, -0.15) is 0 Å². The van der Waals surface area contributed by atoms with E-state index in [1.54, 1.807) is 23.1 Å². The quantitative estimate of drug-likeness (QED) is 0.603. The van der Waals surface area contributed by atoms with Gasteiger partial charge in [0.05, 0.1) is 19.3 Å². The van der Waals surface area contributed by atoms with Gasteiger partial charge >= 0.3 is 0 Å². The van der Waals surface area contributed by atoms with Crippen molar-refractivity contribution >= 4 is 23.4 Å². The van der Waals surface area contributed by atoms with E-state index in [2.05, 4.69) is 0 Å². The summed E-state index contributed by atoms with van der Waals surface area (Å²) in [5.41, 5.74) is 2.64. The number of halogens is 1. The molecule has 0 unspecified atom stereocenters. The molecule has 2 aromatic carbocycles. The number of hydrogen-bond acceptors (Lipinski definition) is 4. The van der Waals surface area contributed by atoms with E-state index in [9.17, 15) is 9.59 Å². The Morgan fingerprint density at radius 2 is 1.65 bits per heavy atom. The Bertz CT molecular complexity index is 919. The average Bonchev–Trinajstić information content (AvgIpc) is 2.77. The summed E-state index contributed by atoms with van der Waals surface area (Å²) in [5, 5.41) is 0.487. The molecule has 0 aliphatic carbocycles. The van der Waals surface area contributed by atoms with Crippen LogP contribution in [0.15, 0.2) is 36.4 Å². The fourth-order valence-corrected chi connectivity index (χ4v) is 3.93. The van der Waals surface area contributed by atoms with Crippen LogP contribution in [0.4, 0.5) is 0 Å². The van der Waals surface area contributed by atoms with Gasteiger partial charge in [0.2, 0.25) is 5.91 Å². The van der Waals surface area contributed by atoms with Crippen molar-refractivity contribution in [2.24, 2.45) is 0 Å². The zero-order valence-corrected chi connectivity index (χ0v) is 19.1. The molecule has 1 saturated heterocycles. The minimum Gasteiger partial charge on any atom is -0.496 e. The van der Waals surface area contributed by atoms with Crippen molar-refractivity contribution in [3.05, 3.63) is 58.1 Å². The molecule has 0 saturated carbocycles. The van der Waals surface area contributed by atoms with Crippen LogP contribution in [0.25, 0.3) is 0 Å². The maximum atomic E-state index is 12.9. The maximum absolute atomic E-state index is 12.9. The Hall–Kier alpha value is -2.73. The molecule has 2 amide bonds. The van der Waals surface area contributed by atoms with E-state index < -0.39 is 0 Å². The molecule has 31 heavy (non-hydrogen) atoms. The monoisotopic (exact) mass is 444 g/mol. The molecule has 3 rings (SSSR count). The third kappa shape index (κ3) is 5.70. The van der Waals surface area contributed by atoms with E-state index in [4.69, 9.17) is 21.1 Å². The molecule has 1 heterocycles. The van der Waals surface area contributed by atoms with E-state index in [-0.39, 0.29) is 11.8 Å². The van der Waals surface area contributed by atoms with Crippen LogP contribution in [0.1, 0.15) is 34.3 Å². The predicted molar refractivity (Wildman–Crippen MR) is 121 cm³/mol. The number of nitrogens with zero attached hydrogens (tertiary/aromatic N) is 2. The number of carbonyl (C=O) groups is 2. The third-order valence-corrected chi connectivity index (χ3v) is 5.74. The molecule has 1 aliphatic rings. The van der Waals surface area contributed by atoms with Crippen LogP contribution in [0.2, 0.25) is 5.02 Å². The molecule has 0 aromatic heterocycles. The van der Waals surface area contributed by atoms with Gasteiger partial charge in [0.25, 0.3) is 5.91 Å². The van der Waals surface area contributed by atoms with Gasteiger partial charge in [-0.25, -0.2) is 0 Å². The van der Waals surface area contributed by atoms with Crippen molar-refractivity contribution in [3.8, 4) is 11.5 Å². The van der Waals surface area contributed by atoms with Crippen molar-refractivity contribution in [2.45, 2.75) is 26.7 Å². The molecule has 0 atom stereocenters. The summed E-state index contributed by atoms with van der Waals surface area (Å²) < 4.78 is 11.2. The summed E-state index contributed by atoms with van der Waals surface area (Å²) in [4.78, 5) is 29.0. The van der Waals surface area contributed by atoms with Crippen LogP contribution in [0.3, 0.4) is 0 Å². The van der Waals surface area contributed by atoms with Gasteiger partial charge in [0.15, 0.2) is 0 Å². The Morgan fingerprint density at radius 1 is 1.00 bits per heavy atom. The van der Waals surface area contributed by atoms with Crippen LogP contribution in [-0.2, 0) is 4.79 Å². The maximum Gasteiger partial charge on any atom is 0.257 e. The molecule has 6 nitrogen and oxygen atoms in total. The lowest BCUT2D eigenvalue weighted by molar-refractivity contribution is -0.132. The van der Waals surface area contributed by atoms with E-state index in [1.807, 2.05) is 36.9 Å². The summed E-state index contributed by atoms with van der Waals surface area (Å²) in [7, 11) is 1.53. The highest BCUT2D eigenvalue weighted by Crippen LogP contribution is 2.25. The average molecular weight is 445 g/mol. The number of rotatable bonds is 7. The molecule has 0 radical (unpaired) electrons. The Labute approximate surface area is 188 Å². The first-order valence-corrected chi connectivity index (χ1v) is 10.9. The van der Waals surface area contributed by atoms with Crippen molar-refractivity contribution in [1.82, 2.24) is 9.80 Å². The highest BCUT2D eigenvalue weighted by molar-refractivity contribution is 6.31. The fraction of sp³-hybridized carbons (Fsp3) is 0.417. The summed E-state index contributed by atoms with van der Waals surface area (Å²) in [5.74, 6) is 1.36. The number of methoxy groups -OCH3 is 1. The zero-order valence-electron chi connectivity index (χ0n) is 18.3. The smallest absolute Gasteiger partial charge is 0.257 e. The van der Waals surface area contributed by atoms with Crippen molar-refractivity contribution in [1.29, 1.82) is 0 Å². The Balaban J connectivity index is 1.45. The van der Waals surface area contributed by atoms with Crippen LogP contribution in [-0.4, -0.2) is 61.5 Å². The molecule has 1 aliphatic heterocycles. The fourth-order valence-electron chi connectivity index (χ4n) is 3.76. The normalized spacial score (nSPS) is 13.8. The molecule has 2 aromatic rings. The number of hydrogen-bond donors (Lipinski definition) is 0. The number of benzene rings is 2. The van der Waals surface area contributed by atoms with E-state index >= 15 is 0 Å². The lowest BCUT2D eigenvalue weighted by atomic mass is 10.1. The van der Waals surface area contributed by atoms with E-state index in [0.29, 0.717) is 62.0 Å². The largest absolute Gasteiger partial charge is 0.496 e. The highest BCUT2D eigenvalue weighted by Gasteiger charge is 2.26. The highest BCUT2D eigenvalue weighted by atomic mass is 35.5. The van der Waals surface area contributed by atoms with E-state index in [0.717, 1.165) is 16.9 Å². The van der Waals surface area contributed by atoms with Crippen LogP contribution in [0.5, 0.6) is 11.5 Å². The minimum atomic E-state index is -0.131. The van der Waals surface area contributed by atoms with Crippen LogP contribution in [0, 0.1) is 13.8 Å². The number of carbonyl (C=O) groups excluding carboxylic acids is 2. The van der Waals surface area contributed by atoms with Crippen molar-refractivity contribution in [2.75, 3.05) is 39.9 Å². The first kappa shape index (κ1) is 22.9. The SMILES string of the molecule is COc1ccc(Cl)cc1C(=O)N1CCN(C(=O)CCCOc2c(C)cccc2C)CC1. The number of amides is 2. The van der Waals surface area contributed by atoms with Gasteiger partial charge in [-0.05, 0) is 49.6 Å². The second kappa shape index (κ2) is 10.5. The summed E-state index contributed by atoms with van der Waals surface area (Å²) >= 11 is 6.05. The number of aryl methyl sites for hydroxylation is 2. The second-order valence-electron chi connectivity index (χ2n) is 7.69. The molecule has 166 valence electrons. The van der Waals surface area contributed by atoms with Crippen LogP contribution >= 0.6 is 11.6 Å². The molecule has 1 fully saturated rings. The van der Waals surface area contributed by atoms with E-state index in [1.165, 1.54) is 7.11 Å². The van der Waals surface area contributed by atoms with Gasteiger partial charge in [-0.1, -0.05) is 29.8 Å². The summed E-state index contributed by atoms with van der Waals surface area (Å²) in [6.07, 6.45) is 1.09. The van der Waals surface area contributed by atoms with Crippen molar-refractivity contribution in [3.63, 3.8) is 0 Å². The third-order valence-electron chi connectivity index (χ3n) is 5.50.